The summed E-state index contributed by atoms with van der Waals surface area (Å²) in [6.07, 6.45) is 2.38. The molecule has 4 heteroatoms. The van der Waals surface area contributed by atoms with E-state index >= 15 is 0 Å². The highest BCUT2D eigenvalue weighted by Crippen LogP contribution is 2.40. The van der Waals surface area contributed by atoms with Crippen LogP contribution < -0.4 is 5.32 Å². The first-order valence-corrected chi connectivity index (χ1v) is 7.35. The van der Waals surface area contributed by atoms with Crippen LogP contribution in [0.2, 0.25) is 5.02 Å². The summed E-state index contributed by atoms with van der Waals surface area (Å²) in [5.41, 5.74) is 0.650. The monoisotopic (exact) mass is 285 g/mol. The van der Waals surface area contributed by atoms with Crippen LogP contribution in [0.1, 0.15) is 38.3 Å². The summed E-state index contributed by atoms with van der Waals surface area (Å²) < 4.78 is 20.0. The summed E-state index contributed by atoms with van der Waals surface area (Å²) in [5, 5.41) is 3.78. The molecule has 0 spiro atoms. The fraction of sp³-hybridized carbons (Fsp3) is 0.600. The molecule has 2 rings (SSSR count). The highest BCUT2D eigenvalue weighted by Gasteiger charge is 2.38. The Morgan fingerprint density at radius 2 is 2.16 bits per heavy atom. The Balaban J connectivity index is 2.26. The minimum Gasteiger partial charge on any atom is -0.376 e. The van der Waals surface area contributed by atoms with Gasteiger partial charge in [0.05, 0.1) is 12.1 Å². The highest BCUT2D eigenvalue weighted by atomic mass is 35.5. The molecule has 1 aliphatic rings. The van der Waals surface area contributed by atoms with Gasteiger partial charge in [-0.25, -0.2) is 4.39 Å². The molecule has 2 nitrogen and oxygen atoms in total. The highest BCUT2D eigenvalue weighted by molar-refractivity contribution is 6.30. The summed E-state index contributed by atoms with van der Waals surface area (Å²) in [6.45, 7) is 5.44. The summed E-state index contributed by atoms with van der Waals surface area (Å²) in [5.74, 6) is 0.280. The summed E-state index contributed by atoms with van der Waals surface area (Å²) in [7, 11) is 0. The number of hydrogen-bond acceptors (Lipinski definition) is 2. The maximum absolute atomic E-state index is 14.1. The fourth-order valence-electron chi connectivity index (χ4n) is 2.50. The van der Waals surface area contributed by atoms with Gasteiger partial charge in [-0.2, -0.15) is 0 Å². The van der Waals surface area contributed by atoms with Crippen LogP contribution in [0.15, 0.2) is 18.2 Å². The predicted octanol–water partition coefficient (Wildman–Crippen LogP) is 3.94. The van der Waals surface area contributed by atoms with Gasteiger partial charge in [-0.05, 0) is 44.4 Å². The van der Waals surface area contributed by atoms with Crippen molar-refractivity contribution in [2.24, 2.45) is 5.92 Å². The number of ether oxygens (including phenoxy) is 1. The Morgan fingerprint density at radius 3 is 2.68 bits per heavy atom. The minimum absolute atomic E-state index is 0.0422. The number of hydrogen-bond donors (Lipinski definition) is 1. The van der Waals surface area contributed by atoms with Crippen LogP contribution in [0.5, 0.6) is 0 Å². The smallest absolute Gasteiger partial charge is 0.129 e. The lowest BCUT2D eigenvalue weighted by Gasteiger charge is -2.28. The maximum Gasteiger partial charge on any atom is 0.129 e. The van der Waals surface area contributed by atoms with E-state index in [9.17, 15) is 4.39 Å². The lowest BCUT2D eigenvalue weighted by Crippen LogP contribution is -2.36. The van der Waals surface area contributed by atoms with E-state index < -0.39 is 0 Å². The Labute approximate surface area is 119 Å². The number of likely N-dealkylation sites (N-methyl/N-ethyl adjacent to an activating group) is 1. The lowest BCUT2D eigenvalue weighted by atomic mass is 9.97. The molecule has 2 unspecified atom stereocenters. The van der Waals surface area contributed by atoms with Crippen molar-refractivity contribution in [3.63, 3.8) is 0 Å². The summed E-state index contributed by atoms with van der Waals surface area (Å²) in [4.78, 5) is 0. The van der Waals surface area contributed by atoms with E-state index in [2.05, 4.69) is 5.32 Å². The van der Waals surface area contributed by atoms with Crippen LogP contribution in [-0.4, -0.2) is 19.3 Å². The van der Waals surface area contributed by atoms with Crippen molar-refractivity contribution in [2.75, 3.05) is 13.2 Å². The van der Waals surface area contributed by atoms with E-state index in [1.807, 2.05) is 13.8 Å². The van der Waals surface area contributed by atoms with Crippen molar-refractivity contribution < 1.29 is 9.13 Å². The van der Waals surface area contributed by atoms with Crippen molar-refractivity contribution in [3.05, 3.63) is 34.6 Å². The molecule has 1 aromatic carbocycles. The summed E-state index contributed by atoms with van der Waals surface area (Å²) in [6, 6.07) is 4.77. The van der Waals surface area contributed by atoms with Crippen LogP contribution in [0.25, 0.3) is 0 Å². The van der Waals surface area contributed by atoms with Crippen LogP contribution in [-0.2, 0) is 4.74 Å². The molecule has 1 aromatic rings. The topological polar surface area (TPSA) is 21.3 Å². The molecule has 1 saturated carbocycles. The normalized spacial score (nSPS) is 18.3. The zero-order valence-electron chi connectivity index (χ0n) is 11.5. The molecule has 1 fully saturated rings. The molecule has 0 saturated heterocycles. The number of nitrogens with one attached hydrogen (secondary N) is 1. The fourth-order valence-corrected chi connectivity index (χ4v) is 2.66. The number of halogens is 2. The number of rotatable bonds is 7. The molecule has 0 heterocycles. The van der Waals surface area contributed by atoms with E-state index in [4.69, 9.17) is 16.3 Å². The van der Waals surface area contributed by atoms with E-state index in [1.54, 1.807) is 12.1 Å². The van der Waals surface area contributed by atoms with Crippen LogP contribution in [0, 0.1) is 11.7 Å². The third-order valence-electron chi connectivity index (χ3n) is 3.50. The van der Waals surface area contributed by atoms with E-state index in [-0.39, 0.29) is 18.0 Å². The molecule has 1 aliphatic carbocycles. The van der Waals surface area contributed by atoms with Crippen LogP contribution >= 0.6 is 11.6 Å². The molecule has 106 valence electrons. The van der Waals surface area contributed by atoms with Crippen molar-refractivity contribution in [2.45, 2.75) is 38.8 Å². The van der Waals surface area contributed by atoms with Gasteiger partial charge in [-0.1, -0.05) is 24.6 Å². The second-order valence-electron chi connectivity index (χ2n) is 4.96. The Morgan fingerprint density at radius 1 is 1.42 bits per heavy atom. The second kappa shape index (κ2) is 6.69. The van der Waals surface area contributed by atoms with Crippen LogP contribution in [0.3, 0.4) is 0 Å². The van der Waals surface area contributed by atoms with Crippen molar-refractivity contribution in [3.8, 4) is 0 Å². The van der Waals surface area contributed by atoms with Gasteiger partial charge in [0.1, 0.15) is 5.82 Å². The van der Waals surface area contributed by atoms with Crippen molar-refractivity contribution in [1.82, 2.24) is 5.32 Å². The first-order chi connectivity index (χ1) is 9.17. The van der Waals surface area contributed by atoms with Gasteiger partial charge in [-0.3, -0.25) is 0 Å². The first kappa shape index (κ1) is 14.8. The first-order valence-electron chi connectivity index (χ1n) is 6.97. The van der Waals surface area contributed by atoms with Gasteiger partial charge in [0.2, 0.25) is 0 Å². The predicted molar refractivity (Wildman–Crippen MR) is 76.0 cm³/mol. The lowest BCUT2D eigenvalue weighted by molar-refractivity contribution is 0.0181. The van der Waals surface area contributed by atoms with Gasteiger partial charge in [-0.15, -0.1) is 0 Å². The number of benzene rings is 1. The van der Waals surface area contributed by atoms with E-state index in [0.717, 1.165) is 6.54 Å². The van der Waals surface area contributed by atoms with E-state index in [0.29, 0.717) is 23.1 Å². The molecular formula is C15H21ClFNO. The molecule has 0 bridgehead atoms. The SMILES string of the molecule is CCNC(c1ccc(Cl)cc1F)C(OCC)C1CC1. The molecule has 0 amide bonds. The second-order valence-corrected chi connectivity index (χ2v) is 5.40. The van der Waals surface area contributed by atoms with Gasteiger partial charge >= 0.3 is 0 Å². The average Bonchev–Trinajstić information content (AvgIpc) is 3.18. The summed E-state index contributed by atoms with van der Waals surface area (Å²) >= 11 is 5.82. The maximum atomic E-state index is 14.1. The van der Waals surface area contributed by atoms with Gasteiger partial charge in [0, 0.05) is 17.2 Å². The van der Waals surface area contributed by atoms with Gasteiger partial charge in [0.25, 0.3) is 0 Å². The molecular weight excluding hydrogens is 265 g/mol. The average molecular weight is 286 g/mol. The van der Waals surface area contributed by atoms with Crippen LogP contribution in [0.4, 0.5) is 4.39 Å². The third kappa shape index (κ3) is 3.68. The van der Waals surface area contributed by atoms with Gasteiger partial charge in [0.15, 0.2) is 0 Å². The molecule has 19 heavy (non-hydrogen) atoms. The molecule has 0 aromatic heterocycles. The Kier molecular flexibility index (Phi) is 5.20. The quantitative estimate of drug-likeness (QED) is 0.819. The van der Waals surface area contributed by atoms with Gasteiger partial charge < -0.3 is 10.1 Å². The molecule has 0 radical (unpaired) electrons. The Hall–Kier alpha value is -0.640. The van der Waals surface area contributed by atoms with E-state index in [1.165, 1.54) is 18.9 Å². The van der Waals surface area contributed by atoms with Crippen molar-refractivity contribution >= 4 is 11.6 Å². The third-order valence-corrected chi connectivity index (χ3v) is 3.73. The zero-order valence-corrected chi connectivity index (χ0v) is 12.2. The van der Waals surface area contributed by atoms with Crippen molar-refractivity contribution in [1.29, 1.82) is 0 Å². The molecule has 2 atom stereocenters. The zero-order chi connectivity index (χ0) is 13.8. The Bertz CT molecular complexity index is 423. The standard InChI is InChI=1S/C15H21ClFNO/c1-3-18-14(15(19-4-2)10-5-6-10)12-8-7-11(16)9-13(12)17/h7-10,14-15,18H,3-6H2,1-2H3. The largest absolute Gasteiger partial charge is 0.376 e. The molecule has 1 N–H and O–H groups in total. The molecule has 0 aliphatic heterocycles. The minimum atomic E-state index is -0.260.